The van der Waals surface area contributed by atoms with Crippen molar-refractivity contribution < 1.29 is 14.6 Å². The van der Waals surface area contributed by atoms with Gasteiger partial charge in [0.2, 0.25) is 0 Å². The zero-order chi connectivity index (χ0) is 13.1. The van der Waals surface area contributed by atoms with Crippen LogP contribution in [0.3, 0.4) is 0 Å². The largest absolute Gasteiger partial charge is 0.497 e. The molecule has 2 rings (SSSR count). The van der Waals surface area contributed by atoms with Crippen molar-refractivity contribution in [3.05, 3.63) is 40.4 Å². The van der Waals surface area contributed by atoms with Crippen LogP contribution in [0.5, 0.6) is 23.1 Å². The van der Waals surface area contributed by atoms with Crippen LogP contribution in [0.15, 0.2) is 29.1 Å². The van der Waals surface area contributed by atoms with E-state index in [2.05, 4.69) is 9.97 Å². The van der Waals surface area contributed by atoms with Crippen LogP contribution in [0.1, 0.15) is 5.82 Å². The Morgan fingerprint density at radius 2 is 2.06 bits per heavy atom. The number of hydrogen-bond donors (Lipinski definition) is 2. The topological polar surface area (TPSA) is 84.4 Å². The molecule has 0 spiro atoms. The van der Waals surface area contributed by atoms with E-state index in [4.69, 9.17) is 9.47 Å². The van der Waals surface area contributed by atoms with Gasteiger partial charge in [-0.05, 0) is 19.1 Å². The molecule has 6 nitrogen and oxygen atoms in total. The van der Waals surface area contributed by atoms with E-state index in [-0.39, 0.29) is 5.75 Å². The molecule has 94 valence electrons. The van der Waals surface area contributed by atoms with E-state index >= 15 is 0 Å². The van der Waals surface area contributed by atoms with Crippen LogP contribution >= 0.6 is 0 Å². The van der Waals surface area contributed by atoms with Crippen LogP contribution < -0.4 is 15.0 Å². The molecule has 2 N–H and O–H groups in total. The molecule has 0 atom stereocenters. The first-order valence-electron chi connectivity index (χ1n) is 5.22. The number of methoxy groups -OCH3 is 1. The maximum Gasteiger partial charge on any atom is 0.298 e. The number of ether oxygens (including phenoxy) is 2. The molecule has 0 fully saturated rings. The Morgan fingerprint density at radius 3 is 2.72 bits per heavy atom. The maximum atomic E-state index is 11.6. The number of aryl methyl sites for hydroxylation is 1. The number of benzene rings is 1. The van der Waals surface area contributed by atoms with E-state index in [1.807, 2.05) is 0 Å². The summed E-state index contributed by atoms with van der Waals surface area (Å²) in [6, 6.07) is 6.69. The third kappa shape index (κ3) is 2.42. The van der Waals surface area contributed by atoms with Gasteiger partial charge in [-0.2, -0.15) is 4.98 Å². The first kappa shape index (κ1) is 12.0. The highest BCUT2D eigenvalue weighted by molar-refractivity contribution is 5.39. The van der Waals surface area contributed by atoms with Gasteiger partial charge in [0.05, 0.1) is 7.11 Å². The van der Waals surface area contributed by atoms with E-state index in [9.17, 15) is 9.90 Å². The molecule has 0 aliphatic heterocycles. The lowest BCUT2D eigenvalue weighted by atomic mass is 10.3. The molecule has 1 aromatic carbocycles. The van der Waals surface area contributed by atoms with Crippen molar-refractivity contribution in [2.75, 3.05) is 7.11 Å². The van der Waals surface area contributed by atoms with E-state index in [0.717, 1.165) is 0 Å². The van der Waals surface area contributed by atoms with Crippen molar-refractivity contribution in [1.82, 2.24) is 9.97 Å². The lowest BCUT2D eigenvalue weighted by molar-refractivity contribution is 0.382. The first-order valence-corrected chi connectivity index (χ1v) is 5.22. The summed E-state index contributed by atoms with van der Waals surface area (Å²) >= 11 is 0. The summed E-state index contributed by atoms with van der Waals surface area (Å²) in [6.45, 7) is 1.57. The minimum absolute atomic E-state index is 0.242. The molecular weight excluding hydrogens is 236 g/mol. The van der Waals surface area contributed by atoms with Gasteiger partial charge in [-0.25, -0.2) is 0 Å². The van der Waals surface area contributed by atoms with Crippen LogP contribution in [0.4, 0.5) is 0 Å². The van der Waals surface area contributed by atoms with Crippen LogP contribution in [0.25, 0.3) is 0 Å². The third-order valence-corrected chi connectivity index (χ3v) is 2.24. The summed E-state index contributed by atoms with van der Waals surface area (Å²) in [5, 5.41) is 9.57. The second-order valence-electron chi connectivity index (χ2n) is 3.59. The minimum Gasteiger partial charge on any atom is -0.497 e. The van der Waals surface area contributed by atoms with E-state index in [1.54, 1.807) is 31.2 Å². The van der Waals surface area contributed by atoms with Gasteiger partial charge in [-0.15, -0.1) is 0 Å². The molecule has 18 heavy (non-hydrogen) atoms. The number of aromatic amines is 1. The molecule has 0 saturated heterocycles. The van der Waals surface area contributed by atoms with Crippen LogP contribution in [-0.2, 0) is 0 Å². The molecule has 0 saturated carbocycles. The SMILES string of the molecule is COc1cccc(Oc2c(O)nc(C)[nH]c2=O)c1. The van der Waals surface area contributed by atoms with Gasteiger partial charge < -0.3 is 19.6 Å². The molecule has 1 heterocycles. The molecule has 0 aliphatic carbocycles. The summed E-state index contributed by atoms with van der Waals surface area (Å²) in [4.78, 5) is 17.8. The number of H-pyrrole nitrogens is 1. The lowest BCUT2D eigenvalue weighted by Crippen LogP contribution is -2.11. The highest BCUT2D eigenvalue weighted by atomic mass is 16.5. The van der Waals surface area contributed by atoms with Crippen molar-refractivity contribution in [2.45, 2.75) is 6.92 Å². The van der Waals surface area contributed by atoms with E-state index in [1.165, 1.54) is 7.11 Å². The minimum atomic E-state index is -0.539. The average molecular weight is 248 g/mol. The highest BCUT2D eigenvalue weighted by Gasteiger charge is 2.12. The van der Waals surface area contributed by atoms with Crippen LogP contribution in [0, 0.1) is 6.92 Å². The van der Waals surface area contributed by atoms with Gasteiger partial charge in [0.25, 0.3) is 17.2 Å². The van der Waals surface area contributed by atoms with E-state index < -0.39 is 11.4 Å². The summed E-state index contributed by atoms with van der Waals surface area (Å²) in [6.07, 6.45) is 0. The Balaban J connectivity index is 2.37. The summed E-state index contributed by atoms with van der Waals surface area (Å²) < 4.78 is 10.3. The van der Waals surface area contributed by atoms with Gasteiger partial charge >= 0.3 is 0 Å². The predicted molar refractivity (Wildman–Crippen MR) is 64.3 cm³/mol. The average Bonchev–Trinajstić information content (AvgIpc) is 2.34. The fourth-order valence-electron chi connectivity index (χ4n) is 1.43. The highest BCUT2D eigenvalue weighted by Crippen LogP contribution is 2.27. The Bertz CT molecular complexity index is 622. The second kappa shape index (κ2) is 4.79. The Morgan fingerprint density at radius 1 is 1.33 bits per heavy atom. The number of aromatic hydroxyl groups is 1. The van der Waals surface area contributed by atoms with Crippen molar-refractivity contribution in [2.24, 2.45) is 0 Å². The molecule has 6 heteroatoms. The fraction of sp³-hybridized carbons (Fsp3) is 0.167. The molecule has 0 amide bonds. The molecule has 0 unspecified atom stereocenters. The monoisotopic (exact) mass is 248 g/mol. The number of hydrogen-bond acceptors (Lipinski definition) is 5. The van der Waals surface area contributed by atoms with Crippen LogP contribution in [0.2, 0.25) is 0 Å². The number of nitrogens with zero attached hydrogens (tertiary/aromatic N) is 1. The molecule has 0 aliphatic rings. The molecular formula is C12H12N2O4. The Hall–Kier alpha value is -2.50. The molecule has 1 aromatic heterocycles. The Labute approximate surface area is 103 Å². The summed E-state index contributed by atoms with van der Waals surface area (Å²) in [7, 11) is 1.52. The van der Waals surface area contributed by atoms with E-state index in [0.29, 0.717) is 17.3 Å². The van der Waals surface area contributed by atoms with Crippen molar-refractivity contribution in [3.8, 4) is 23.1 Å². The van der Waals surface area contributed by atoms with Crippen molar-refractivity contribution in [1.29, 1.82) is 0 Å². The second-order valence-corrected chi connectivity index (χ2v) is 3.59. The summed E-state index contributed by atoms with van der Waals surface area (Å²) in [5.41, 5.74) is -0.539. The number of nitrogens with one attached hydrogen (secondary N) is 1. The van der Waals surface area contributed by atoms with Gasteiger partial charge in [-0.3, -0.25) is 4.79 Å². The Kier molecular flexibility index (Phi) is 3.18. The smallest absolute Gasteiger partial charge is 0.298 e. The molecule has 0 radical (unpaired) electrons. The number of rotatable bonds is 3. The maximum absolute atomic E-state index is 11.6. The van der Waals surface area contributed by atoms with Gasteiger partial charge in [0.15, 0.2) is 0 Å². The zero-order valence-corrected chi connectivity index (χ0v) is 9.93. The van der Waals surface area contributed by atoms with Crippen molar-refractivity contribution in [3.63, 3.8) is 0 Å². The fourth-order valence-corrected chi connectivity index (χ4v) is 1.43. The third-order valence-electron chi connectivity index (χ3n) is 2.24. The predicted octanol–water partition coefficient (Wildman–Crippen LogP) is 1.58. The molecule has 0 bridgehead atoms. The van der Waals surface area contributed by atoms with Crippen LogP contribution in [-0.4, -0.2) is 22.2 Å². The van der Waals surface area contributed by atoms with Gasteiger partial charge in [-0.1, -0.05) is 6.07 Å². The van der Waals surface area contributed by atoms with Gasteiger partial charge in [0, 0.05) is 6.07 Å². The summed E-state index contributed by atoms with van der Waals surface area (Å²) in [5.74, 6) is 0.590. The standard InChI is InChI=1S/C12H12N2O4/c1-7-13-11(15)10(12(16)14-7)18-9-5-3-4-8(6-9)17-2/h3-6H,1-2H3,(H2,13,14,15,16). The normalized spacial score (nSPS) is 10.1. The number of aromatic nitrogens is 2. The molecule has 2 aromatic rings. The van der Waals surface area contributed by atoms with Crippen molar-refractivity contribution >= 4 is 0 Å². The van der Waals surface area contributed by atoms with Gasteiger partial charge in [0.1, 0.15) is 17.3 Å². The zero-order valence-electron chi connectivity index (χ0n) is 9.93. The lowest BCUT2D eigenvalue weighted by Gasteiger charge is -2.07. The first-order chi connectivity index (χ1) is 8.60. The quantitative estimate of drug-likeness (QED) is 0.861.